The number of hydrogen-bond acceptors (Lipinski definition) is 3. The Bertz CT molecular complexity index is 253. The molecule has 0 saturated carbocycles. The molecule has 0 bridgehead atoms. The number of carboxylic acids is 1. The quantitative estimate of drug-likeness (QED) is 0.726. The summed E-state index contributed by atoms with van der Waals surface area (Å²) in [6.45, 7) is 5.21. The molecule has 0 aromatic carbocycles. The smallest absolute Gasteiger partial charge is 0.306 e. The molecule has 1 fully saturated rings. The minimum Gasteiger partial charge on any atom is -0.481 e. The number of rotatable bonds is 4. The molecule has 4 heteroatoms. The van der Waals surface area contributed by atoms with Gasteiger partial charge in [-0.1, -0.05) is 13.8 Å². The first-order valence-corrected chi connectivity index (χ1v) is 4.96. The summed E-state index contributed by atoms with van der Waals surface area (Å²) < 4.78 is 0. The second-order valence-corrected chi connectivity index (χ2v) is 3.89. The van der Waals surface area contributed by atoms with Crippen LogP contribution in [0.5, 0.6) is 0 Å². The molecule has 0 aromatic heterocycles. The molecule has 1 aliphatic rings. The molecule has 0 aromatic rings. The van der Waals surface area contributed by atoms with E-state index in [0.29, 0.717) is 0 Å². The van der Waals surface area contributed by atoms with Gasteiger partial charge in [0.1, 0.15) is 0 Å². The first kappa shape index (κ1) is 11.0. The van der Waals surface area contributed by atoms with Crippen LogP contribution in [-0.2, 0) is 4.79 Å². The van der Waals surface area contributed by atoms with Crippen molar-refractivity contribution in [3.05, 3.63) is 0 Å². The molecular weight excluding hydrogens is 180 g/mol. The lowest BCUT2D eigenvalue weighted by Crippen LogP contribution is -2.54. The van der Waals surface area contributed by atoms with Gasteiger partial charge >= 0.3 is 5.97 Å². The lowest BCUT2D eigenvalue weighted by atomic mass is 9.86. The van der Waals surface area contributed by atoms with Gasteiger partial charge in [-0.15, -0.1) is 0 Å². The first-order chi connectivity index (χ1) is 6.60. The Hall–Kier alpha value is -1.08. The third-order valence-corrected chi connectivity index (χ3v) is 3.01. The summed E-state index contributed by atoms with van der Waals surface area (Å²) in [4.78, 5) is 12.7. The largest absolute Gasteiger partial charge is 0.481 e. The predicted molar refractivity (Wildman–Crippen MR) is 51.6 cm³/mol. The Morgan fingerprint density at radius 1 is 1.71 bits per heavy atom. The number of carboxylic acid groups (broad SMARTS) is 1. The van der Waals surface area contributed by atoms with E-state index in [4.69, 9.17) is 10.4 Å². The number of hydrogen-bond donors (Lipinski definition) is 1. The molecule has 0 aliphatic carbocycles. The molecule has 78 valence electrons. The predicted octanol–water partition coefficient (Wildman–Crippen LogP) is 0.941. The topological polar surface area (TPSA) is 64.3 Å². The minimum absolute atomic E-state index is 0.0350. The third kappa shape index (κ3) is 2.05. The van der Waals surface area contributed by atoms with Crippen LogP contribution in [-0.4, -0.2) is 35.1 Å². The van der Waals surface area contributed by atoms with Crippen LogP contribution in [0.1, 0.15) is 20.3 Å². The summed E-state index contributed by atoms with van der Waals surface area (Å²) in [6.07, 6.45) is 0.810. The molecular formula is C10H16N2O2. The van der Waals surface area contributed by atoms with Gasteiger partial charge in [0, 0.05) is 13.1 Å². The van der Waals surface area contributed by atoms with Crippen molar-refractivity contribution in [2.24, 2.45) is 11.8 Å². The molecule has 2 unspecified atom stereocenters. The van der Waals surface area contributed by atoms with E-state index in [0.717, 1.165) is 19.5 Å². The van der Waals surface area contributed by atoms with Gasteiger partial charge in [-0.05, 0) is 12.3 Å². The van der Waals surface area contributed by atoms with E-state index >= 15 is 0 Å². The van der Waals surface area contributed by atoms with Crippen LogP contribution in [0.25, 0.3) is 0 Å². The highest BCUT2D eigenvalue weighted by molar-refractivity contribution is 5.70. The van der Waals surface area contributed by atoms with Crippen LogP contribution >= 0.6 is 0 Å². The molecule has 14 heavy (non-hydrogen) atoms. The molecule has 1 N–H and O–H groups in total. The number of aliphatic carboxylic acids is 1. The summed E-state index contributed by atoms with van der Waals surface area (Å²) in [5.41, 5.74) is 0. The fourth-order valence-electron chi connectivity index (χ4n) is 1.75. The number of nitrogens with zero attached hydrogens (tertiary/aromatic N) is 2. The summed E-state index contributed by atoms with van der Waals surface area (Å²) in [5, 5.41) is 17.6. The molecule has 0 spiro atoms. The van der Waals surface area contributed by atoms with Crippen molar-refractivity contribution >= 4 is 5.97 Å². The van der Waals surface area contributed by atoms with Gasteiger partial charge in [-0.25, -0.2) is 0 Å². The van der Waals surface area contributed by atoms with E-state index in [-0.39, 0.29) is 17.9 Å². The van der Waals surface area contributed by atoms with Gasteiger partial charge in [0.25, 0.3) is 0 Å². The molecule has 0 amide bonds. The maximum atomic E-state index is 10.7. The van der Waals surface area contributed by atoms with Gasteiger partial charge in [0.05, 0.1) is 18.0 Å². The molecule has 1 aliphatic heterocycles. The molecule has 2 atom stereocenters. The Balaban J connectivity index is 2.37. The summed E-state index contributed by atoms with van der Waals surface area (Å²) >= 11 is 0. The molecule has 1 heterocycles. The van der Waals surface area contributed by atoms with Gasteiger partial charge in [0.15, 0.2) is 0 Å². The van der Waals surface area contributed by atoms with Gasteiger partial charge in [-0.2, -0.15) is 5.26 Å². The second kappa shape index (κ2) is 4.43. The van der Waals surface area contributed by atoms with Crippen LogP contribution in [0, 0.1) is 23.2 Å². The molecule has 1 rings (SSSR count). The van der Waals surface area contributed by atoms with Crippen LogP contribution < -0.4 is 0 Å². The fraction of sp³-hybridized carbons (Fsp3) is 0.800. The lowest BCUT2D eigenvalue weighted by Gasteiger charge is -2.43. The zero-order valence-corrected chi connectivity index (χ0v) is 8.60. The highest BCUT2D eigenvalue weighted by Gasteiger charge is 2.37. The standard InChI is InChI=1S/C10H16N2O2/c1-3-9(4-11)12-5-8(6-12)7(2)10(13)14/h7-9H,3,5-6H2,1-2H3,(H,13,14). The number of likely N-dealkylation sites (tertiary alicyclic amines) is 1. The second-order valence-electron chi connectivity index (χ2n) is 3.89. The van der Waals surface area contributed by atoms with Gasteiger partial charge in [-0.3, -0.25) is 9.69 Å². The zero-order valence-electron chi connectivity index (χ0n) is 8.60. The van der Waals surface area contributed by atoms with E-state index in [1.54, 1.807) is 6.92 Å². The molecule has 4 nitrogen and oxygen atoms in total. The number of nitriles is 1. The minimum atomic E-state index is -0.736. The van der Waals surface area contributed by atoms with Crippen molar-refractivity contribution in [2.45, 2.75) is 26.3 Å². The average Bonchev–Trinajstić information content (AvgIpc) is 2.09. The van der Waals surface area contributed by atoms with Gasteiger partial charge < -0.3 is 5.11 Å². The Kier molecular flexibility index (Phi) is 3.48. The highest BCUT2D eigenvalue weighted by Crippen LogP contribution is 2.26. The van der Waals surface area contributed by atoms with E-state index in [2.05, 4.69) is 6.07 Å². The monoisotopic (exact) mass is 196 g/mol. The van der Waals surface area contributed by atoms with Crippen LogP contribution in [0.2, 0.25) is 0 Å². The van der Waals surface area contributed by atoms with Crippen molar-refractivity contribution in [3.8, 4) is 6.07 Å². The van der Waals surface area contributed by atoms with Crippen LogP contribution in [0.3, 0.4) is 0 Å². The van der Waals surface area contributed by atoms with Crippen molar-refractivity contribution in [1.82, 2.24) is 4.90 Å². The first-order valence-electron chi connectivity index (χ1n) is 4.96. The van der Waals surface area contributed by atoms with Crippen LogP contribution in [0.15, 0.2) is 0 Å². The summed E-state index contributed by atoms with van der Waals surface area (Å²) in [7, 11) is 0. The Labute approximate surface area is 84.1 Å². The van der Waals surface area contributed by atoms with Crippen molar-refractivity contribution in [1.29, 1.82) is 5.26 Å². The van der Waals surface area contributed by atoms with Gasteiger partial charge in [0.2, 0.25) is 0 Å². The van der Waals surface area contributed by atoms with E-state index in [1.165, 1.54) is 0 Å². The zero-order chi connectivity index (χ0) is 10.7. The highest BCUT2D eigenvalue weighted by atomic mass is 16.4. The third-order valence-electron chi connectivity index (χ3n) is 3.01. The van der Waals surface area contributed by atoms with E-state index < -0.39 is 5.97 Å². The summed E-state index contributed by atoms with van der Waals surface area (Å²) in [5.74, 6) is -0.808. The fourth-order valence-corrected chi connectivity index (χ4v) is 1.75. The SMILES string of the molecule is CCC(C#N)N1CC(C(C)C(=O)O)C1. The van der Waals surface area contributed by atoms with E-state index in [1.807, 2.05) is 11.8 Å². The van der Waals surface area contributed by atoms with E-state index in [9.17, 15) is 4.79 Å². The number of carbonyl (C=O) groups is 1. The lowest BCUT2D eigenvalue weighted by molar-refractivity contribution is -0.145. The summed E-state index contributed by atoms with van der Waals surface area (Å²) in [6, 6.07) is 2.19. The maximum Gasteiger partial charge on any atom is 0.306 e. The maximum absolute atomic E-state index is 10.7. The Morgan fingerprint density at radius 3 is 2.64 bits per heavy atom. The molecule has 0 radical (unpaired) electrons. The van der Waals surface area contributed by atoms with Crippen molar-refractivity contribution in [3.63, 3.8) is 0 Å². The van der Waals surface area contributed by atoms with Crippen molar-refractivity contribution in [2.75, 3.05) is 13.1 Å². The van der Waals surface area contributed by atoms with Crippen molar-refractivity contribution < 1.29 is 9.90 Å². The van der Waals surface area contributed by atoms with Crippen LogP contribution in [0.4, 0.5) is 0 Å². The normalized spacial score (nSPS) is 22.1. The molecule has 1 saturated heterocycles. The average molecular weight is 196 g/mol. The Morgan fingerprint density at radius 2 is 2.29 bits per heavy atom.